The molecule has 0 saturated heterocycles. The Morgan fingerprint density at radius 2 is 2.29 bits per heavy atom. The van der Waals surface area contributed by atoms with Gasteiger partial charge < -0.3 is 4.74 Å². The first kappa shape index (κ1) is 14.2. The normalized spacial score (nSPS) is 10.8. The predicted molar refractivity (Wildman–Crippen MR) is 69.7 cm³/mol. The van der Waals surface area contributed by atoms with Gasteiger partial charge in [-0.25, -0.2) is 5.84 Å². The summed E-state index contributed by atoms with van der Waals surface area (Å²) in [7, 11) is 0. The fourth-order valence-corrected chi connectivity index (χ4v) is 2.26. The number of carbonyl (C=O) groups is 1. The topological polar surface area (TPSA) is 64.3 Å². The average molecular weight is 256 g/mol. The third-order valence-corrected chi connectivity index (χ3v) is 3.39. The number of nitrogens with two attached hydrogens (primary N) is 1. The lowest BCUT2D eigenvalue weighted by Gasteiger charge is -2.04. The van der Waals surface area contributed by atoms with Crippen LogP contribution in [0.4, 0.5) is 0 Å². The SMILES string of the molecule is CC(C)CCCOCc1ccc(C(=O)NN)s1. The Morgan fingerprint density at radius 3 is 2.94 bits per heavy atom. The predicted octanol–water partition coefficient (Wildman–Crippen LogP) is 2.30. The molecule has 0 aliphatic heterocycles. The molecule has 0 aliphatic rings. The summed E-state index contributed by atoms with van der Waals surface area (Å²) in [5, 5.41) is 0. The minimum atomic E-state index is -0.249. The van der Waals surface area contributed by atoms with Crippen molar-refractivity contribution < 1.29 is 9.53 Å². The molecule has 1 amide bonds. The van der Waals surface area contributed by atoms with Gasteiger partial charge in [0.25, 0.3) is 5.91 Å². The Labute approximate surface area is 106 Å². The zero-order valence-electron chi connectivity index (χ0n) is 10.4. The molecule has 0 aromatic carbocycles. The second-order valence-electron chi connectivity index (χ2n) is 4.33. The minimum absolute atomic E-state index is 0.249. The van der Waals surface area contributed by atoms with Gasteiger partial charge in [-0.2, -0.15) is 0 Å². The Balaban J connectivity index is 2.23. The summed E-state index contributed by atoms with van der Waals surface area (Å²) in [6, 6.07) is 3.66. The van der Waals surface area contributed by atoms with Crippen LogP contribution in [-0.2, 0) is 11.3 Å². The van der Waals surface area contributed by atoms with Crippen molar-refractivity contribution in [3.05, 3.63) is 21.9 Å². The monoisotopic (exact) mass is 256 g/mol. The molecule has 0 fully saturated rings. The summed E-state index contributed by atoms with van der Waals surface area (Å²) in [6.07, 6.45) is 2.27. The summed E-state index contributed by atoms with van der Waals surface area (Å²) in [4.78, 5) is 12.9. The van der Waals surface area contributed by atoms with Crippen molar-refractivity contribution in [1.29, 1.82) is 0 Å². The average Bonchev–Trinajstić information content (AvgIpc) is 2.76. The van der Waals surface area contributed by atoms with Crippen molar-refractivity contribution in [2.75, 3.05) is 6.61 Å². The van der Waals surface area contributed by atoms with Crippen LogP contribution in [0.25, 0.3) is 0 Å². The first-order valence-corrected chi connectivity index (χ1v) is 6.62. The second-order valence-corrected chi connectivity index (χ2v) is 5.50. The van der Waals surface area contributed by atoms with Crippen molar-refractivity contribution in [3.8, 4) is 0 Å². The van der Waals surface area contributed by atoms with Gasteiger partial charge in [-0.3, -0.25) is 10.2 Å². The highest BCUT2D eigenvalue weighted by Crippen LogP contribution is 2.17. The summed E-state index contributed by atoms with van der Waals surface area (Å²) in [5.41, 5.74) is 2.11. The summed E-state index contributed by atoms with van der Waals surface area (Å²) in [6.45, 7) is 5.75. The number of rotatable bonds is 7. The van der Waals surface area contributed by atoms with E-state index in [1.807, 2.05) is 6.07 Å². The molecule has 1 aromatic heterocycles. The number of hydrazine groups is 1. The summed E-state index contributed by atoms with van der Waals surface area (Å²) < 4.78 is 5.54. The van der Waals surface area contributed by atoms with Crippen molar-refractivity contribution in [1.82, 2.24) is 5.43 Å². The number of nitrogen functional groups attached to an aromatic ring is 1. The third-order valence-electron chi connectivity index (χ3n) is 2.33. The first-order chi connectivity index (χ1) is 8.13. The maximum absolute atomic E-state index is 11.2. The van der Waals surface area contributed by atoms with E-state index in [9.17, 15) is 4.79 Å². The van der Waals surface area contributed by atoms with Gasteiger partial charge in [0.05, 0.1) is 11.5 Å². The molecule has 1 rings (SSSR count). The molecule has 0 bridgehead atoms. The van der Waals surface area contributed by atoms with Gasteiger partial charge in [-0.05, 0) is 30.9 Å². The van der Waals surface area contributed by atoms with Crippen LogP contribution in [0.15, 0.2) is 12.1 Å². The largest absolute Gasteiger partial charge is 0.376 e. The zero-order valence-corrected chi connectivity index (χ0v) is 11.2. The molecule has 3 N–H and O–H groups in total. The first-order valence-electron chi connectivity index (χ1n) is 5.81. The van der Waals surface area contributed by atoms with Crippen molar-refractivity contribution in [2.45, 2.75) is 33.3 Å². The van der Waals surface area contributed by atoms with Crippen molar-refractivity contribution >= 4 is 17.2 Å². The van der Waals surface area contributed by atoms with E-state index in [0.29, 0.717) is 11.5 Å². The molecule has 0 aliphatic carbocycles. The van der Waals surface area contributed by atoms with Gasteiger partial charge in [-0.15, -0.1) is 11.3 Å². The lowest BCUT2D eigenvalue weighted by molar-refractivity contribution is 0.0957. The summed E-state index contributed by atoms with van der Waals surface area (Å²) in [5.74, 6) is 5.53. The number of thiophene rings is 1. The van der Waals surface area contributed by atoms with Gasteiger partial charge >= 0.3 is 0 Å². The van der Waals surface area contributed by atoms with Crippen LogP contribution in [-0.4, -0.2) is 12.5 Å². The fraction of sp³-hybridized carbons (Fsp3) is 0.583. The lowest BCUT2D eigenvalue weighted by Crippen LogP contribution is -2.29. The smallest absolute Gasteiger partial charge is 0.275 e. The second kappa shape index (κ2) is 7.42. The molecule has 5 heteroatoms. The van der Waals surface area contributed by atoms with E-state index in [2.05, 4.69) is 19.3 Å². The maximum atomic E-state index is 11.2. The molecule has 0 spiro atoms. The Bertz CT molecular complexity index is 350. The zero-order chi connectivity index (χ0) is 12.7. The quantitative estimate of drug-likeness (QED) is 0.340. The molecule has 0 radical (unpaired) electrons. The lowest BCUT2D eigenvalue weighted by atomic mass is 10.1. The van der Waals surface area contributed by atoms with E-state index < -0.39 is 0 Å². The molecular weight excluding hydrogens is 236 g/mol. The van der Waals surface area contributed by atoms with Gasteiger partial charge in [0.15, 0.2) is 0 Å². The minimum Gasteiger partial charge on any atom is -0.376 e. The molecule has 4 nitrogen and oxygen atoms in total. The Kier molecular flexibility index (Phi) is 6.18. The van der Waals surface area contributed by atoms with E-state index in [1.165, 1.54) is 17.8 Å². The standard InChI is InChI=1S/C12H20N2O2S/c1-9(2)4-3-7-16-8-10-5-6-11(17-10)12(15)14-13/h5-6,9H,3-4,7-8,13H2,1-2H3,(H,14,15). The molecule has 17 heavy (non-hydrogen) atoms. The van der Waals surface area contributed by atoms with Gasteiger partial charge in [0.1, 0.15) is 0 Å². The number of amides is 1. The Hall–Kier alpha value is -0.910. The van der Waals surface area contributed by atoms with Gasteiger partial charge in [-0.1, -0.05) is 13.8 Å². The van der Waals surface area contributed by atoms with Gasteiger partial charge in [0.2, 0.25) is 0 Å². The van der Waals surface area contributed by atoms with Crippen molar-refractivity contribution in [2.24, 2.45) is 11.8 Å². The molecular formula is C12H20N2O2S. The Morgan fingerprint density at radius 1 is 1.53 bits per heavy atom. The molecule has 1 aromatic rings. The molecule has 0 atom stereocenters. The van der Waals surface area contributed by atoms with Crippen LogP contribution in [0.3, 0.4) is 0 Å². The highest BCUT2D eigenvalue weighted by Gasteiger charge is 2.07. The van der Waals surface area contributed by atoms with Crippen LogP contribution in [0, 0.1) is 5.92 Å². The number of nitrogens with one attached hydrogen (secondary N) is 1. The number of carbonyl (C=O) groups excluding carboxylic acids is 1. The van der Waals surface area contributed by atoms with E-state index in [4.69, 9.17) is 10.6 Å². The van der Waals surface area contributed by atoms with E-state index in [1.54, 1.807) is 6.07 Å². The van der Waals surface area contributed by atoms with Crippen molar-refractivity contribution in [3.63, 3.8) is 0 Å². The highest BCUT2D eigenvalue weighted by atomic mass is 32.1. The highest BCUT2D eigenvalue weighted by molar-refractivity contribution is 7.14. The summed E-state index contributed by atoms with van der Waals surface area (Å²) >= 11 is 1.41. The van der Waals surface area contributed by atoms with Crippen LogP contribution >= 0.6 is 11.3 Å². The van der Waals surface area contributed by atoms with E-state index >= 15 is 0 Å². The van der Waals surface area contributed by atoms with Crippen LogP contribution in [0.1, 0.15) is 41.2 Å². The number of hydrogen-bond acceptors (Lipinski definition) is 4. The van der Waals surface area contributed by atoms with E-state index in [0.717, 1.165) is 23.8 Å². The third kappa shape index (κ3) is 5.30. The van der Waals surface area contributed by atoms with E-state index in [-0.39, 0.29) is 5.91 Å². The van der Waals surface area contributed by atoms with Crippen LogP contribution in [0.2, 0.25) is 0 Å². The number of ether oxygens (including phenoxy) is 1. The van der Waals surface area contributed by atoms with Crippen LogP contribution < -0.4 is 11.3 Å². The molecule has 1 heterocycles. The number of hydrogen-bond donors (Lipinski definition) is 2. The molecule has 0 saturated carbocycles. The molecule has 96 valence electrons. The maximum Gasteiger partial charge on any atom is 0.275 e. The van der Waals surface area contributed by atoms with Gasteiger partial charge in [0, 0.05) is 11.5 Å². The fourth-order valence-electron chi connectivity index (χ4n) is 1.42. The van der Waals surface area contributed by atoms with Crippen LogP contribution in [0.5, 0.6) is 0 Å². The molecule has 0 unspecified atom stereocenters.